The van der Waals surface area contributed by atoms with Crippen LogP contribution in [-0.2, 0) is 4.79 Å². The second-order valence-electron chi connectivity index (χ2n) is 6.01. The summed E-state index contributed by atoms with van der Waals surface area (Å²) in [5.74, 6) is -0.403. The fourth-order valence-corrected chi connectivity index (χ4v) is 2.37. The van der Waals surface area contributed by atoms with Crippen LogP contribution >= 0.6 is 0 Å². The first-order valence-electron chi connectivity index (χ1n) is 7.09. The predicted octanol–water partition coefficient (Wildman–Crippen LogP) is 2.32. The van der Waals surface area contributed by atoms with E-state index in [1.54, 1.807) is 11.8 Å². The highest BCUT2D eigenvalue weighted by Gasteiger charge is 2.39. The van der Waals surface area contributed by atoms with Gasteiger partial charge in [-0.3, -0.25) is 4.79 Å². The van der Waals surface area contributed by atoms with Crippen LogP contribution in [0.4, 0.5) is 4.79 Å². The minimum atomic E-state index is -0.819. The Morgan fingerprint density at radius 2 is 2.05 bits per heavy atom. The highest BCUT2D eigenvalue weighted by atomic mass is 16.4. The summed E-state index contributed by atoms with van der Waals surface area (Å²) >= 11 is 0. The van der Waals surface area contributed by atoms with Crippen LogP contribution in [0.15, 0.2) is 0 Å². The van der Waals surface area contributed by atoms with Crippen LogP contribution in [-0.4, -0.2) is 41.1 Å². The van der Waals surface area contributed by atoms with Gasteiger partial charge in [-0.05, 0) is 32.6 Å². The highest BCUT2D eigenvalue weighted by molar-refractivity contribution is 5.78. The van der Waals surface area contributed by atoms with Gasteiger partial charge in [0.2, 0.25) is 0 Å². The number of hydrogen-bond acceptors (Lipinski definition) is 2. The number of likely N-dealkylation sites (tertiary alicyclic amines) is 1. The number of carbonyl (C=O) groups excluding carboxylic acids is 1. The summed E-state index contributed by atoms with van der Waals surface area (Å²) < 4.78 is 0. The summed E-state index contributed by atoms with van der Waals surface area (Å²) in [4.78, 5) is 25.1. The molecule has 1 heterocycles. The molecule has 2 N–H and O–H groups in total. The fourth-order valence-electron chi connectivity index (χ4n) is 2.37. The molecule has 0 aromatic rings. The Morgan fingerprint density at radius 3 is 2.58 bits per heavy atom. The van der Waals surface area contributed by atoms with Crippen LogP contribution in [0.25, 0.3) is 0 Å². The molecule has 3 atom stereocenters. The quantitative estimate of drug-likeness (QED) is 0.823. The Morgan fingerprint density at radius 1 is 1.42 bits per heavy atom. The first kappa shape index (κ1) is 15.8. The minimum absolute atomic E-state index is 0.107. The van der Waals surface area contributed by atoms with Crippen molar-refractivity contribution in [3.05, 3.63) is 0 Å². The predicted molar refractivity (Wildman–Crippen MR) is 74.0 cm³/mol. The summed E-state index contributed by atoms with van der Waals surface area (Å²) in [6.07, 6.45) is 2.38. The molecule has 1 aliphatic rings. The molecule has 0 saturated carbocycles. The van der Waals surface area contributed by atoms with Crippen LogP contribution in [0.1, 0.15) is 47.0 Å². The third kappa shape index (κ3) is 3.85. The largest absolute Gasteiger partial charge is 0.481 e. The van der Waals surface area contributed by atoms with Crippen molar-refractivity contribution in [2.45, 2.75) is 53.0 Å². The molecule has 110 valence electrons. The molecule has 1 rings (SSSR count). The van der Waals surface area contributed by atoms with Gasteiger partial charge in [-0.1, -0.05) is 20.3 Å². The van der Waals surface area contributed by atoms with Crippen molar-refractivity contribution in [1.29, 1.82) is 0 Å². The molecule has 1 saturated heterocycles. The van der Waals surface area contributed by atoms with Crippen molar-refractivity contribution in [3.8, 4) is 0 Å². The van der Waals surface area contributed by atoms with Crippen molar-refractivity contribution in [1.82, 2.24) is 10.2 Å². The van der Waals surface area contributed by atoms with Crippen molar-refractivity contribution in [2.24, 2.45) is 11.3 Å². The number of carboxylic acid groups (broad SMARTS) is 1. The Kier molecular flexibility index (Phi) is 5.20. The van der Waals surface area contributed by atoms with E-state index in [1.807, 2.05) is 6.92 Å². The van der Waals surface area contributed by atoms with Gasteiger partial charge in [0.15, 0.2) is 0 Å². The van der Waals surface area contributed by atoms with Gasteiger partial charge in [0.1, 0.15) is 0 Å². The number of aliphatic carboxylic acids is 1. The first-order valence-corrected chi connectivity index (χ1v) is 7.09. The van der Waals surface area contributed by atoms with Crippen LogP contribution in [0, 0.1) is 11.3 Å². The maximum absolute atomic E-state index is 12.2. The summed E-state index contributed by atoms with van der Waals surface area (Å²) in [5, 5.41) is 12.2. The van der Waals surface area contributed by atoms with Crippen LogP contribution in [0.5, 0.6) is 0 Å². The molecule has 0 radical (unpaired) electrons. The van der Waals surface area contributed by atoms with E-state index in [0.717, 1.165) is 12.8 Å². The van der Waals surface area contributed by atoms with Crippen molar-refractivity contribution < 1.29 is 14.7 Å². The zero-order chi connectivity index (χ0) is 14.6. The number of carboxylic acids is 1. The summed E-state index contributed by atoms with van der Waals surface area (Å²) in [6.45, 7) is 8.83. The van der Waals surface area contributed by atoms with Gasteiger partial charge in [-0.15, -0.1) is 0 Å². The van der Waals surface area contributed by atoms with E-state index in [1.165, 1.54) is 0 Å². The molecule has 1 aliphatic heterocycles. The maximum atomic E-state index is 12.2. The third-order valence-corrected chi connectivity index (χ3v) is 4.35. The molecular weight excluding hydrogens is 244 g/mol. The van der Waals surface area contributed by atoms with Gasteiger partial charge in [0.05, 0.1) is 5.41 Å². The number of amides is 2. The third-order valence-electron chi connectivity index (χ3n) is 4.35. The monoisotopic (exact) mass is 270 g/mol. The summed E-state index contributed by atoms with van der Waals surface area (Å²) in [6, 6.07) is -0.0320. The van der Waals surface area contributed by atoms with Crippen molar-refractivity contribution in [2.75, 3.05) is 13.1 Å². The molecule has 2 amide bonds. The first-order chi connectivity index (χ1) is 8.80. The Labute approximate surface area is 115 Å². The molecule has 5 heteroatoms. The number of piperidine rings is 1. The number of urea groups is 1. The van der Waals surface area contributed by atoms with E-state index >= 15 is 0 Å². The van der Waals surface area contributed by atoms with Gasteiger partial charge in [-0.25, -0.2) is 4.79 Å². The normalized spacial score (nSPS) is 26.6. The van der Waals surface area contributed by atoms with E-state index in [4.69, 9.17) is 0 Å². The Hall–Kier alpha value is -1.26. The lowest BCUT2D eigenvalue weighted by Crippen LogP contribution is -2.53. The topological polar surface area (TPSA) is 69.6 Å². The molecular formula is C14H26N2O3. The number of nitrogens with zero attached hydrogens (tertiary/aromatic N) is 1. The summed E-state index contributed by atoms with van der Waals surface area (Å²) in [5.41, 5.74) is -0.810. The molecule has 1 fully saturated rings. The maximum Gasteiger partial charge on any atom is 0.317 e. The lowest BCUT2D eigenvalue weighted by molar-refractivity contribution is -0.150. The average Bonchev–Trinajstić information content (AvgIpc) is 2.37. The minimum Gasteiger partial charge on any atom is -0.481 e. The van der Waals surface area contributed by atoms with E-state index in [-0.39, 0.29) is 12.1 Å². The van der Waals surface area contributed by atoms with E-state index < -0.39 is 11.4 Å². The van der Waals surface area contributed by atoms with Gasteiger partial charge >= 0.3 is 12.0 Å². The lowest BCUT2D eigenvalue weighted by Gasteiger charge is -2.38. The number of rotatable bonds is 4. The molecule has 0 aromatic carbocycles. The van der Waals surface area contributed by atoms with E-state index in [0.29, 0.717) is 25.4 Å². The molecule has 0 spiro atoms. The molecule has 3 unspecified atom stereocenters. The van der Waals surface area contributed by atoms with Gasteiger partial charge in [0, 0.05) is 19.1 Å². The van der Waals surface area contributed by atoms with Crippen LogP contribution in [0.2, 0.25) is 0 Å². The second kappa shape index (κ2) is 6.26. The zero-order valence-corrected chi connectivity index (χ0v) is 12.4. The van der Waals surface area contributed by atoms with E-state index in [9.17, 15) is 14.7 Å². The highest BCUT2D eigenvalue weighted by Crippen LogP contribution is 2.29. The molecule has 0 bridgehead atoms. The lowest BCUT2D eigenvalue weighted by atomic mass is 9.82. The SMILES string of the molecule is CCC(C)C(C)NC(=O)N1CCCC(C)(C(=O)O)C1. The van der Waals surface area contributed by atoms with Crippen LogP contribution in [0.3, 0.4) is 0 Å². The number of nitrogens with one attached hydrogen (secondary N) is 1. The molecule has 0 aromatic heterocycles. The fraction of sp³-hybridized carbons (Fsp3) is 0.857. The van der Waals surface area contributed by atoms with Crippen LogP contribution < -0.4 is 5.32 Å². The standard InChI is InChI=1S/C14H26N2O3/c1-5-10(2)11(3)15-13(19)16-8-6-7-14(4,9-16)12(17)18/h10-11H,5-9H2,1-4H3,(H,15,19)(H,17,18). The van der Waals surface area contributed by atoms with E-state index in [2.05, 4.69) is 19.2 Å². The number of hydrogen-bond donors (Lipinski definition) is 2. The Bertz CT molecular complexity index is 346. The zero-order valence-electron chi connectivity index (χ0n) is 12.4. The molecule has 5 nitrogen and oxygen atoms in total. The van der Waals surface area contributed by atoms with Crippen molar-refractivity contribution in [3.63, 3.8) is 0 Å². The smallest absolute Gasteiger partial charge is 0.317 e. The van der Waals surface area contributed by atoms with Gasteiger partial charge in [-0.2, -0.15) is 0 Å². The molecule has 0 aliphatic carbocycles. The molecule has 19 heavy (non-hydrogen) atoms. The van der Waals surface area contributed by atoms with Crippen molar-refractivity contribution >= 4 is 12.0 Å². The second-order valence-corrected chi connectivity index (χ2v) is 6.01. The Balaban J connectivity index is 2.60. The van der Waals surface area contributed by atoms with Gasteiger partial charge < -0.3 is 15.3 Å². The number of carbonyl (C=O) groups is 2. The van der Waals surface area contributed by atoms with Gasteiger partial charge in [0.25, 0.3) is 0 Å². The average molecular weight is 270 g/mol. The summed E-state index contributed by atoms with van der Waals surface area (Å²) in [7, 11) is 0.